The van der Waals surface area contributed by atoms with E-state index < -0.39 is 6.04 Å². The van der Waals surface area contributed by atoms with Crippen LogP contribution in [-0.4, -0.2) is 54.9 Å². The van der Waals surface area contributed by atoms with Crippen molar-refractivity contribution in [2.75, 3.05) is 20.2 Å². The summed E-state index contributed by atoms with van der Waals surface area (Å²) < 4.78 is 5.13. The number of carbonyl (C=O) groups is 3. The highest BCUT2D eigenvalue weighted by Crippen LogP contribution is 2.22. The average Bonchev–Trinajstić information content (AvgIpc) is 2.76. The Bertz CT molecular complexity index is 697. The lowest BCUT2D eigenvalue weighted by Crippen LogP contribution is -2.55. The molecule has 160 valence electrons. The molecule has 3 amide bonds. The number of nitrogens with zero attached hydrogens (tertiary/aromatic N) is 1. The number of ether oxygens (including phenoxy) is 1. The van der Waals surface area contributed by atoms with Gasteiger partial charge in [-0.25, -0.2) is 0 Å². The van der Waals surface area contributed by atoms with Crippen molar-refractivity contribution >= 4 is 17.7 Å². The van der Waals surface area contributed by atoms with Crippen LogP contribution < -0.4 is 15.4 Å². The van der Waals surface area contributed by atoms with E-state index in [0.717, 1.165) is 6.42 Å². The molecule has 1 aliphatic heterocycles. The minimum atomic E-state index is -0.627. The minimum absolute atomic E-state index is 0.0119. The second kappa shape index (κ2) is 10.8. The summed E-state index contributed by atoms with van der Waals surface area (Å²) in [7, 11) is 1.57. The monoisotopic (exact) mass is 403 g/mol. The van der Waals surface area contributed by atoms with Crippen LogP contribution in [0, 0.1) is 5.92 Å². The number of likely N-dealkylation sites (tertiary alicyclic amines) is 1. The number of hydrogen-bond donors (Lipinski definition) is 2. The van der Waals surface area contributed by atoms with Crippen molar-refractivity contribution in [1.82, 2.24) is 15.5 Å². The average molecular weight is 404 g/mol. The lowest BCUT2D eigenvalue weighted by Gasteiger charge is -2.36. The van der Waals surface area contributed by atoms with Crippen molar-refractivity contribution in [3.05, 3.63) is 29.8 Å². The first-order valence-electron chi connectivity index (χ1n) is 10.4. The maximum Gasteiger partial charge on any atom is 0.251 e. The third-order valence-corrected chi connectivity index (χ3v) is 5.59. The van der Waals surface area contributed by atoms with E-state index in [2.05, 4.69) is 10.6 Å². The molecule has 2 rings (SSSR count). The molecular weight excluding hydrogens is 370 g/mol. The molecule has 7 nitrogen and oxygen atoms in total. The normalized spacial score (nSPS) is 16.6. The molecule has 1 aliphatic rings. The molecular formula is C22H33N3O4. The predicted molar refractivity (Wildman–Crippen MR) is 112 cm³/mol. The third-order valence-electron chi connectivity index (χ3n) is 5.59. The fraction of sp³-hybridized carbons (Fsp3) is 0.591. The molecule has 7 heteroatoms. The van der Waals surface area contributed by atoms with E-state index in [1.54, 1.807) is 31.4 Å². The molecule has 2 atom stereocenters. The molecule has 0 saturated carbocycles. The van der Waals surface area contributed by atoms with Crippen LogP contribution in [0.4, 0.5) is 0 Å². The van der Waals surface area contributed by atoms with Crippen LogP contribution in [0.15, 0.2) is 24.3 Å². The van der Waals surface area contributed by atoms with Crippen LogP contribution in [-0.2, 0) is 9.59 Å². The smallest absolute Gasteiger partial charge is 0.251 e. The fourth-order valence-electron chi connectivity index (χ4n) is 3.50. The van der Waals surface area contributed by atoms with Crippen LogP contribution in [0.1, 0.15) is 56.8 Å². The van der Waals surface area contributed by atoms with Gasteiger partial charge in [0, 0.05) is 31.1 Å². The Labute approximate surface area is 173 Å². The molecule has 0 bridgehead atoms. The number of benzene rings is 1. The minimum Gasteiger partial charge on any atom is -0.497 e. The van der Waals surface area contributed by atoms with Crippen molar-refractivity contribution in [3.8, 4) is 5.75 Å². The molecule has 2 N–H and O–H groups in total. The van der Waals surface area contributed by atoms with Gasteiger partial charge in [-0.15, -0.1) is 0 Å². The van der Waals surface area contributed by atoms with Crippen molar-refractivity contribution in [3.63, 3.8) is 0 Å². The molecule has 1 heterocycles. The molecule has 1 aromatic carbocycles. The van der Waals surface area contributed by atoms with Crippen molar-refractivity contribution < 1.29 is 19.1 Å². The standard InChI is InChI=1S/C22H33N3O4/c1-5-15(3)23-22(28)20(16-11-13-25(14-12-16)19(26)6-2)24-21(27)17-7-9-18(29-4)10-8-17/h7-10,15-16,20H,5-6,11-14H2,1-4H3,(H,23,28)(H,24,27). The van der Waals surface area contributed by atoms with Gasteiger partial charge in [0.15, 0.2) is 0 Å². The second-order valence-electron chi connectivity index (χ2n) is 7.57. The summed E-state index contributed by atoms with van der Waals surface area (Å²) in [6, 6.07) is 6.21. The number of hydrogen-bond acceptors (Lipinski definition) is 4. The molecule has 29 heavy (non-hydrogen) atoms. The lowest BCUT2D eigenvalue weighted by molar-refractivity contribution is -0.132. The Balaban J connectivity index is 2.11. The van der Waals surface area contributed by atoms with Gasteiger partial charge in [-0.05, 0) is 56.4 Å². The number of carbonyl (C=O) groups excluding carboxylic acids is 3. The highest BCUT2D eigenvalue weighted by Gasteiger charge is 2.34. The Morgan fingerprint density at radius 1 is 1.10 bits per heavy atom. The van der Waals surface area contributed by atoms with E-state index in [0.29, 0.717) is 43.7 Å². The summed E-state index contributed by atoms with van der Waals surface area (Å²) in [6.07, 6.45) is 2.67. The van der Waals surface area contributed by atoms with E-state index in [1.165, 1.54) is 0 Å². The van der Waals surface area contributed by atoms with Gasteiger partial charge in [0.25, 0.3) is 5.91 Å². The zero-order chi connectivity index (χ0) is 21.4. The first-order valence-corrected chi connectivity index (χ1v) is 10.4. The molecule has 1 fully saturated rings. The van der Waals surface area contributed by atoms with Gasteiger partial charge in [-0.1, -0.05) is 13.8 Å². The van der Waals surface area contributed by atoms with Gasteiger partial charge in [-0.3, -0.25) is 14.4 Å². The molecule has 1 saturated heterocycles. The van der Waals surface area contributed by atoms with Crippen LogP contribution in [0.25, 0.3) is 0 Å². The van der Waals surface area contributed by atoms with Crippen LogP contribution in [0.5, 0.6) is 5.75 Å². The molecule has 0 aliphatic carbocycles. The first-order chi connectivity index (χ1) is 13.9. The Hall–Kier alpha value is -2.57. The van der Waals surface area contributed by atoms with Gasteiger partial charge in [0.1, 0.15) is 11.8 Å². The maximum atomic E-state index is 12.9. The van der Waals surface area contributed by atoms with Crippen LogP contribution in [0.2, 0.25) is 0 Å². The summed E-state index contributed by atoms with van der Waals surface area (Å²) in [6.45, 7) is 7.03. The summed E-state index contributed by atoms with van der Waals surface area (Å²) in [4.78, 5) is 39.5. The maximum absolute atomic E-state index is 12.9. The van der Waals surface area contributed by atoms with Crippen LogP contribution >= 0.6 is 0 Å². The Morgan fingerprint density at radius 2 is 1.72 bits per heavy atom. The largest absolute Gasteiger partial charge is 0.497 e. The van der Waals surface area contributed by atoms with Crippen LogP contribution in [0.3, 0.4) is 0 Å². The van der Waals surface area contributed by atoms with Crippen molar-refractivity contribution in [2.24, 2.45) is 5.92 Å². The number of methoxy groups -OCH3 is 1. The lowest BCUT2D eigenvalue weighted by atomic mass is 9.88. The topological polar surface area (TPSA) is 87.7 Å². The Morgan fingerprint density at radius 3 is 2.24 bits per heavy atom. The second-order valence-corrected chi connectivity index (χ2v) is 7.57. The van der Waals surface area contributed by atoms with Gasteiger partial charge in [0.2, 0.25) is 11.8 Å². The van der Waals surface area contributed by atoms with E-state index in [-0.39, 0.29) is 29.7 Å². The molecule has 0 spiro atoms. The van der Waals surface area contributed by atoms with Gasteiger partial charge < -0.3 is 20.3 Å². The van der Waals surface area contributed by atoms with E-state index in [4.69, 9.17) is 4.74 Å². The number of rotatable bonds is 8. The Kier molecular flexibility index (Phi) is 8.49. The quantitative estimate of drug-likeness (QED) is 0.698. The summed E-state index contributed by atoms with van der Waals surface area (Å²) in [5, 5.41) is 5.93. The number of piperidine rings is 1. The highest BCUT2D eigenvalue weighted by molar-refractivity contribution is 5.97. The summed E-state index contributed by atoms with van der Waals surface area (Å²) in [5.74, 6) is 0.333. The summed E-state index contributed by atoms with van der Waals surface area (Å²) >= 11 is 0. The van der Waals surface area contributed by atoms with E-state index in [1.807, 2.05) is 25.7 Å². The predicted octanol–water partition coefficient (Wildman–Crippen LogP) is 2.36. The third kappa shape index (κ3) is 6.21. The highest BCUT2D eigenvalue weighted by atomic mass is 16.5. The van der Waals surface area contributed by atoms with Gasteiger partial charge >= 0.3 is 0 Å². The van der Waals surface area contributed by atoms with Gasteiger partial charge in [0.05, 0.1) is 7.11 Å². The molecule has 0 radical (unpaired) electrons. The van der Waals surface area contributed by atoms with E-state index in [9.17, 15) is 14.4 Å². The number of amides is 3. The SMILES string of the molecule is CCC(=O)N1CCC(C(NC(=O)c2ccc(OC)cc2)C(=O)NC(C)CC)CC1. The zero-order valence-electron chi connectivity index (χ0n) is 17.9. The van der Waals surface area contributed by atoms with E-state index >= 15 is 0 Å². The first kappa shape index (κ1) is 22.7. The summed E-state index contributed by atoms with van der Waals surface area (Å²) in [5.41, 5.74) is 0.478. The van der Waals surface area contributed by atoms with Crippen molar-refractivity contribution in [2.45, 2.75) is 58.5 Å². The molecule has 2 unspecified atom stereocenters. The number of nitrogens with one attached hydrogen (secondary N) is 2. The fourth-order valence-corrected chi connectivity index (χ4v) is 3.50. The van der Waals surface area contributed by atoms with Gasteiger partial charge in [-0.2, -0.15) is 0 Å². The zero-order valence-corrected chi connectivity index (χ0v) is 17.9. The molecule has 0 aromatic heterocycles. The van der Waals surface area contributed by atoms with Crippen molar-refractivity contribution in [1.29, 1.82) is 0 Å². The molecule has 1 aromatic rings.